The van der Waals surface area contributed by atoms with Crippen LogP contribution in [0, 0.1) is 0 Å². The fourth-order valence-corrected chi connectivity index (χ4v) is 5.62. The molecule has 178 valence electrons. The third kappa shape index (κ3) is 3.97. The van der Waals surface area contributed by atoms with Gasteiger partial charge in [0, 0.05) is 0 Å². The van der Waals surface area contributed by atoms with E-state index in [2.05, 4.69) is 158 Å². The predicted octanol–water partition coefficient (Wildman–Crippen LogP) is 10.6. The van der Waals surface area contributed by atoms with Gasteiger partial charge in [-0.3, -0.25) is 0 Å². The molecule has 0 N–H and O–H groups in total. The average Bonchev–Trinajstić information content (AvgIpc) is 2.98. The molecule has 7 rings (SSSR count). The SMILES string of the molecule is C(=C\c1c2ccccc2cc2ccccc12)/c1ccccc1/C=C/c1cc2ccccc2c2ccccc12. The van der Waals surface area contributed by atoms with Crippen LogP contribution in [-0.2, 0) is 0 Å². The van der Waals surface area contributed by atoms with Gasteiger partial charge in [0.1, 0.15) is 0 Å². The lowest BCUT2D eigenvalue weighted by Gasteiger charge is -2.09. The topological polar surface area (TPSA) is 0 Å². The van der Waals surface area contributed by atoms with Crippen LogP contribution in [-0.4, -0.2) is 0 Å². The normalized spacial score (nSPS) is 12.0. The van der Waals surface area contributed by atoms with Crippen LogP contribution in [0.4, 0.5) is 0 Å². The number of hydrogen-bond donors (Lipinski definition) is 0. The summed E-state index contributed by atoms with van der Waals surface area (Å²) in [6, 6.07) is 47.8. The summed E-state index contributed by atoms with van der Waals surface area (Å²) in [4.78, 5) is 0. The van der Waals surface area contributed by atoms with Crippen LogP contribution in [0.1, 0.15) is 22.3 Å². The van der Waals surface area contributed by atoms with Crippen LogP contribution in [0.15, 0.2) is 133 Å². The number of benzene rings is 7. The summed E-state index contributed by atoms with van der Waals surface area (Å²) in [7, 11) is 0. The zero-order valence-corrected chi connectivity index (χ0v) is 21.0. The Hall–Kier alpha value is -4.94. The molecule has 0 saturated carbocycles. The van der Waals surface area contributed by atoms with Gasteiger partial charge in [-0.2, -0.15) is 0 Å². The molecule has 0 aromatic heterocycles. The minimum Gasteiger partial charge on any atom is -0.0616 e. The number of rotatable bonds is 4. The van der Waals surface area contributed by atoms with Gasteiger partial charge >= 0.3 is 0 Å². The van der Waals surface area contributed by atoms with Crippen LogP contribution in [0.5, 0.6) is 0 Å². The van der Waals surface area contributed by atoms with E-state index in [1.54, 1.807) is 0 Å². The van der Waals surface area contributed by atoms with E-state index in [9.17, 15) is 0 Å². The maximum atomic E-state index is 2.30. The fourth-order valence-electron chi connectivity index (χ4n) is 5.62. The quantitative estimate of drug-likeness (QED) is 0.133. The monoisotopic (exact) mass is 482 g/mol. The van der Waals surface area contributed by atoms with Gasteiger partial charge in [0.15, 0.2) is 0 Å². The van der Waals surface area contributed by atoms with Crippen LogP contribution in [0.2, 0.25) is 0 Å². The Kier molecular flexibility index (Phi) is 5.57. The Balaban J connectivity index is 1.33. The van der Waals surface area contributed by atoms with Crippen LogP contribution < -0.4 is 0 Å². The van der Waals surface area contributed by atoms with E-state index in [0.717, 1.165) is 0 Å². The zero-order valence-electron chi connectivity index (χ0n) is 21.0. The van der Waals surface area contributed by atoms with Gasteiger partial charge in [-0.25, -0.2) is 0 Å². The van der Waals surface area contributed by atoms with E-state index in [1.807, 2.05) is 0 Å². The van der Waals surface area contributed by atoms with Gasteiger partial charge in [0.2, 0.25) is 0 Å². The molecule has 0 bridgehead atoms. The Morgan fingerprint density at radius 2 is 0.711 bits per heavy atom. The highest BCUT2D eigenvalue weighted by molar-refractivity contribution is 6.11. The van der Waals surface area contributed by atoms with Crippen molar-refractivity contribution in [1.82, 2.24) is 0 Å². The Morgan fingerprint density at radius 1 is 0.289 bits per heavy atom. The summed E-state index contributed by atoms with van der Waals surface area (Å²) in [5.41, 5.74) is 4.90. The van der Waals surface area contributed by atoms with Crippen molar-refractivity contribution >= 4 is 67.4 Å². The first-order valence-corrected chi connectivity index (χ1v) is 13.1. The predicted molar refractivity (Wildman–Crippen MR) is 167 cm³/mol. The van der Waals surface area contributed by atoms with Crippen LogP contribution in [0.3, 0.4) is 0 Å². The fraction of sp³-hybridized carbons (Fsp3) is 0. The molecule has 0 atom stereocenters. The molecule has 0 nitrogen and oxygen atoms in total. The van der Waals surface area contributed by atoms with Crippen molar-refractivity contribution in [3.05, 3.63) is 156 Å². The molecule has 0 amide bonds. The van der Waals surface area contributed by atoms with Crippen molar-refractivity contribution in [2.75, 3.05) is 0 Å². The second-order valence-corrected chi connectivity index (χ2v) is 9.76. The van der Waals surface area contributed by atoms with Crippen molar-refractivity contribution in [1.29, 1.82) is 0 Å². The highest BCUT2D eigenvalue weighted by atomic mass is 14.1. The summed E-state index contributed by atoms with van der Waals surface area (Å²) >= 11 is 0. The highest BCUT2D eigenvalue weighted by Gasteiger charge is 2.06. The first-order chi connectivity index (χ1) is 18.8. The second-order valence-electron chi connectivity index (χ2n) is 9.76. The molecule has 0 saturated heterocycles. The molecule has 38 heavy (non-hydrogen) atoms. The molecule has 0 heterocycles. The maximum absolute atomic E-state index is 2.30. The highest BCUT2D eigenvalue weighted by Crippen LogP contribution is 2.32. The standard InChI is InChI=1S/C38H26/c1-2-12-28(23-24-38-34-17-7-4-13-29(34)25-30-14-5-8-18-35(30)38)27(11-1)21-22-32-26-31-15-3-6-16-33(31)37-20-10-9-19-36(32)37/h1-26H/b22-21+,24-23+. The molecule has 0 aliphatic carbocycles. The van der Waals surface area contributed by atoms with Crippen LogP contribution >= 0.6 is 0 Å². The third-order valence-electron chi connectivity index (χ3n) is 7.48. The molecule has 0 aliphatic heterocycles. The maximum Gasteiger partial charge on any atom is -0.00992 e. The summed E-state index contributed by atoms with van der Waals surface area (Å²) in [6.45, 7) is 0. The van der Waals surface area contributed by atoms with E-state index in [1.165, 1.54) is 65.3 Å². The first kappa shape index (κ1) is 22.3. The largest absolute Gasteiger partial charge is 0.0616 e. The summed E-state index contributed by atoms with van der Waals surface area (Å²) in [6.07, 6.45) is 9.04. The number of fused-ring (bicyclic) bond motifs is 5. The molecule has 0 spiro atoms. The lowest BCUT2D eigenvalue weighted by atomic mass is 9.95. The van der Waals surface area contributed by atoms with Gasteiger partial charge < -0.3 is 0 Å². The van der Waals surface area contributed by atoms with Gasteiger partial charge in [-0.15, -0.1) is 0 Å². The van der Waals surface area contributed by atoms with Crippen molar-refractivity contribution < 1.29 is 0 Å². The van der Waals surface area contributed by atoms with E-state index in [4.69, 9.17) is 0 Å². The second kappa shape index (κ2) is 9.50. The van der Waals surface area contributed by atoms with Crippen molar-refractivity contribution in [3.63, 3.8) is 0 Å². The van der Waals surface area contributed by atoms with Crippen molar-refractivity contribution in [3.8, 4) is 0 Å². The van der Waals surface area contributed by atoms with E-state index in [-0.39, 0.29) is 0 Å². The summed E-state index contributed by atoms with van der Waals surface area (Å²) in [5, 5.41) is 10.2. The molecule has 7 aromatic rings. The van der Waals surface area contributed by atoms with Crippen molar-refractivity contribution in [2.24, 2.45) is 0 Å². The first-order valence-electron chi connectivity index (χ1n) is 13.1. The molecule has 7 aromatic carbocycles. The average molecular weight is 483 g/mol. The van der Waals surface area contributed by atoms with E-state index < -0.39 is 0 Å². The lowest BCUT2D eigenvalue weighted by molar-refractivity contribution is 1.62. The van der Waals surface area contributed by atoms with Gasteiger partial charge in [-0.05, 0) is 77.5 Å². The zero-order chi connectivity index (χ0) is 25.3. The Morgan fingerprint density at radius 3 is 1.34 bits per heavy atom. The molecule has 0 fully saturated rings. The van der Waals surface area contributed by atoms with Gasteiger partial charge in [0.25, 0.3) is 0 Å². The minimum atomic E-state index is 1.20. The smallest absolute Gasteiger partial charge is 0.00992 e. The molecular weight excluding hydrogens is 456 g/mol. The Labute approximate surface area is 222 Å². The molecular formula is C38H26. The third-order valence-corrected chi connectivity index (χ3v) is 7.48. The van der Waals surface area contributed by atoms with E-state index in [0.29, 0.717) is 0 Å². The summed E-state index contributed by atoms with van der Waals surface area (Å²) in [5.74, 6) is 0. The molecule has 0 aliphatic rings. The van der Waals surface area contributed by atoms with E-state index >= 15 is 0 Å². The van der Waals surface area contributed by atoms with Crippen LogP contribution in [0.25, 0.3) is 67.4 Å². The minimum absolute atomic E-state index is 1.20. The lowest BCUT2D eigenvalue weighted by Crippen LogP contribution is -1.85. The molecule has 0 heteroatoms. The van der Waals surface area contributed by atoms with Gasteiger partial charge in [0.05, 0.1) is 0 Å². The molecule has 0 radical (unpaired) electrons. The van der Waals surface area contributed by atoms with Gasteiger partial charge in [-0.1, -0.05) is 146 Å². The Bertz CT molecular complexity index is 1970. The number of hydrogen-bond acceptors (Lipinski definition) is 0. The summed E-state index contributed by atoms with van der Waals surface area (Å²) < 4.78 is 0. The van der Waals surface area contributed by atoms with Crippen molar-refractivity contribution in [2.45, 2.75) is 0 Å². The molecule has 0 unspecified atom stereocenters.